The molecule has 0 unspecified atom stereocenters. The molecule has 2 aromatic carbocycles. The molecule has 0 aliphatic carbocycles. The van der Waals surface area contributed by atoms with E-state index in [4.69, 9.17) is 7.16 Å². The summed E-state index contributed by atoms with van der Waals surface area (Å²) in [6.45, 7) is 7.64. The third kappa shape index (κ3) is 2.61. The van der Waals surface area contributed by atoms with Crippen molar-refractivity contribution in [1.82, 2.24) is 0 Å². The lowest BCUT2D eigenvalue weighted by Gasteiger charge is -2.09. The van der Waals surface area contributed by atoms with Gasteiger partial charge in [-0.1, -0.05) is 32.0 Å². The van der Waals surface area contributed by atoms with Gasteiger partial charge in [-0.25, -0.2) is 4.57 Å². The number of rotatable bonds is 2. The van der Waals surface area contributed by atoms with Crippen molar-refractivity contribution in [3.05, 3.63) is 64.8 Å². The summed E-state index contributed by atoms with van der Waals surface area (Å²) in [5, 5.41) is 11.3. The van der Waals surface area contributed by atoms with E-state index in [-0.39, 0.29) is 0 Å². The third-order valence-corrected chi connectivity index (χ3v) is 5.22. The summed E-state index contributed by atoms with van der Waals surface area (Å²) in [6.07, 6.45) is 0.333. The van der Waals surface area contributed by atoms with E-state index in [0.717, 1.165) is 44.3 Å². The van der Waals surface area contributed by atoms with E-state index in [0.29, 0.717) is 17.3 Å². The molecule has 0 aliphatic heterocycles. The van der Waals surface area contributed by atoms with Crippen molar-refractivity contribution in [2.75, 3.05) is 0 Å². The van der Waals surface area contributed by atoms with E-state index in [9.17, 15) is 5.26 Å². The standard InChI is InChI=1S/C24H23N2O/c1-14(2)17-10-11-26(5)20(12-17)21-15(3)7-9-19-22-18(13-25)8-6-16(4)23(22)27-24(19)21/h6-12,14H,1-5H3/q+1/i11D,14D. The van der Waals surface area contributed by atoms with Crippen LogP contribution in [0, 0.1) is 25.2 Å². The zero-order valence-electron chi connectivity index (χ0n) is 18.3. The molecule has 0 amide bonds. The van der Waals surface area contributed by atoms with Crippen molar-refractivity contribution in [2.45, 2.75) is 33.6 Å². The van der Waals surface area contributed by atoms with Crippen LogP contribution < -0.4 is 4.57 Å². The van der Waals surface area contributed by atoms with Crippen LogP contribution in [-0.2, 0) is 7.05 Å². The monoisotopic (exact) mass is 357 g/mol. The molecule has 3 nitrogen and oxygen atoms in total. The van der Waals surface area contributed by atoms with Gasteiger partial charge in [0, 0.05) is 24.3 Å². The molecular formula is C24H23N2O+. The number of hydrogen-bond acceptors (Lipinski definition) is 2. The highest BCUT2D eigenvalue weighted by atomic mass is 16.3. The average Bonchev–Trinajstić information content (AvgIpc) is 3.04. The van der Waals surface area contributed by atoms with Crippen LogP contribution in [0.2, 0.25) is 0 Å². The van der Waals surface area contributed by atoms with Crippen LogP contribution in [0.1, 0.15) is 44.7 Å². The first-order valence-corrected chi connectivity index (χ1v) is 9.00. The Morgan fingerprint density at radius 3 is 2.56 bits per heavy atom. The van der Waals surface area contributed by atoms with Crippen LogP contribution in [0.4, 0.5) is 0 Å². The van der Waals surface area contributed by atoms with Crippen LogP contribution in [0.15, 0.2) is 47.0 Å². The second-order valence-electron chi connectivity index (χ2n) is 7.30. The molecule has 0 aliphatic rings. The van der Waals surface area contributed by atoms with Gasteiger partial charge in [-0.15, -0.1) is 0 Å². The molecule has 0 bridgehead atoms. The van der Waals surface area contributed by atoms with Gasteiger partial charge in [0.15, 0.2) is 6.17 Å². The summed E-state index contributed by atoms with van der Waals surface area (Å²) in [6, 6.07) is 13.7. The van der Waals surface area contributed by atoms with Crippen molar-refractivity contribution in [3.8, 4) is 17.3 Å². The number of nitriles is 1. The SMILES string of the molecule is [2H]c1cc(C([2H])(C)C)cc(-c2c(C)ccc3c2oc2c(C)ccc(C#N)c23)[n+]1C. The van der Waals surface area contributed by atoms with Gasteiger partial charge in [-0.05, 0) is 42.5 Å². The molecule has 27 heavy (non-hydrogen) atoms. The Balaban J connectivity index is 2.18. The van der Waals surface area contributed by atoms with Crippen LogP contribution in [0.3, 0.4) is 0 Å². The summed E-state index contributed by atoms with van der Waals surface area (Å²) in [5.41, 5.74) is 6.50. The Hall–Kier alpha value is -3.12. The number of hydrogen-bond donors (Lipinski definition) is 0. The number of furan rings is 1. The van der Waals surface area contributed by atoms with Gasteiger partial charge in [0.25, 0.3) is 0 Å². The van der Waals surface area contributed by atoms with Crippen molar-refractivity contribution in [2.24, 2.45) is 7.05 Å². The number of fused-ring (bicyclic) bond motifs is 3. The summed E-state index contributed by atoms with van der Waals surface area (Å²) in [7, 11) is 1.85. The Morgan fingerprint density at radius 1 is 1.11 bits per heavy atom. The van der Waals surface area contributed by atoms with E-state index in [1.165, 1.54) is 0 Å². The molecular weight excluding hydrogens is 332 g/mol. The minimum absolute atomic E-state index is 0.333. The van der Waals surface area contributed by atoms with E-state index >= 15 is 0 Å². The summed E-state index contributed by atoms with van der Waals surface area (Å²) in [4.78, 5) is 0. The number of aromatic nitrogens is 1. The normalized spacial score (nSPS) is 12.9. The van der Waals surface area contributed by atoms with Crippen LogP contribution in [-0.4, -0.2) is 0 Å². The second-order valence-corrected chi connectivity index (χ2v) is 7.30. The summed E-state index contributed by atoms with van der Waals surface area (Å²) >= 11 is 0. The first-order chi connectivity index (χ1) is 13.6. The molecule has 4 aromatic rings. The highest BCUT2D eigenvalue weighted by Gasteiger charge is 2.23. The van der Waals surface area contributed by atoms with E-state index in [1.54, 1.807) is 6.07 Å². The lowest BCUT2D eigenvalue weighted by molar-refractivity contribution is -0.660. The molecule has 4 rings (SSSR count). The highest BCUT2D eigenvalue weighted by Crippen LogP contribution is 2.39. The van der Waals surface area contributed by atoms with Gasteiger partial charge in [-0.2, -0.15) is 5.26 Å². The second kappa shape index (κ2) is 6.25. The maximum atomic E-state index is 9.61. The average molecular weight is 357 g/mol. The molecule has 0 atom stereocenters. The number of pyridine rings is 1. The van der Waals surface area contributed by atoms with Gasteiger partial charge in [0.05, 0.1) is 17.2 Å². The highest BCUT2D eigenvalue weighted by molar-refractivity contribution is 6.12. The Bertz CT molecular complexity index is 1340. The quantitative estimate of drug-likeness (QED) is 0.432. The number of benzene rings is 2. The van der Waals surface area contributed by atoms with Gasteiger partial charge >= 0.3 is 0 Å². The van der Waals surface area contributed by atoms with Crippen molar-refractivity contribution in [1.29, 1.82) is 5.26 Å². The molecule has 0 radical (unpaired) electrons. The van der Waals surface area contributed by atoms with Gasteiger partial charge in [0.2, 0.25) is 5.69 Å². The Morgan fingerprint density at radius 2 is 1.85 bits per heavy atom. The number of aryl methyl sites for hydroxylation is 2. The van der Waals surface area contributed by atoms with Crippen LogP contribution in [0.5, 0.6) is 0 Å². The zero-order valence-corrected chi connectivity index (χ0v) is 16.3. The largest absolute Gasteiger partial charge is 0.455 e. The lowest BCUT2D eigenvalue weighted by atomic mass is 9.96. The number of nitrogens with zero attached hydrogens (tertiary/aromatic N) is 2. The smallest absolute Gasteiger partial charge is 0.216 e. The summed E-state index contributed by atoms with van der Waals surface area (Å²) < 4.78 is 25.0. The maximum absolute atomic E-state index is 9.61. The molecule has 2 heterocycles. The molecule has 134 valence electrons. The minimum Gasteiger partial charge on any atom is -0.455 e. The van der Waals surface area contributed by atoms with Gasteiger partial charge in [-0.3, -0.25) is 0 Å². The Kier molecular flexibility index (Phi) is 3.47. The van der Waals surface area contributed by atoms with Crippen molar-refractivity contribution >= 4 is 21.9 Å². The van der Waals surface area contributed by atoms with E-state index in [2.05, 4.69) is 6.07 Å². The van der Waals surface area contributed by atoms with Gasteiger partial charge in [0.1, 0.15) is 19.6 Å². The molecule has 2 aromatic heterocycles. The minimum atomic E-state index is -0.820. The van der Waals surface area contributed by atoms with Crippen LogP contribution >= 0.6 is 0 Å². The molecule has 0 saturated heterocycles. The molecule has 0 saturated carbocycles. The fraction of sp³-hybridized carbons (Fsp3) is 0.250. The first kappa shape index (κ1) is 15.0. The third-order valence-electron chi connectivity index (χ3n) is 5.22. The summed E-state index contributed by atoms with van der Waals surface area (Å²) in [5.74, 6) is -0.820. The maximum Gasteiger partial charge on any atom is 0.216 e. The first-order valence-electron chi connectivity index (χ1n) is 10.0. The predicted octanol–water partition coefficient (Wildman–Crippen LogP) is 5.69. The fourth-order valence-corrected chi connectivity index (χ4v) is 3.63. The molecule has 0 N–H and O–H groups in total. The van der Waals surface area contributed by atoms with Crippen molar-refractivity contribution in [3.63, 3.8) is 0 Å². The molecule has 3 heteroatoms. The zero-order chi connectivity index (χ0) is 21.1. The van der Waals surface area contributed by atoms with Crippen LogP contribution in [0.25, 0.3) is 33.2 Å². The van der Waals surface area contributed by atoms with E-state index in [1.807, 2.05) is 69.6 Å². The van der Waals surface area contributed by atoms with Crippen molar-refractivity contribution < 1.29 is 11.7 Å². The Labute approximate surface area is 162 Å². The predicted molar refractivity (Wildman–Crippen MR) is 109 cm³/mol. The topological polar surface area (TPSA) is 40.8 Å². The van der Waals surface area contributed by atoms with Gasteiger partial charge < -0.3 is 4.42 Å². The molecule has 0 fully saturated rings. The van der Waals surface area contributed by atoms with E-state index < -0.39 is 5.89 Å². The molecule has 0 spiro atoms. The lowest BCUT2D eigenvalue weighted by Crippen LogP contribution is -2.31. The fourth-order valence-electron chi connectivity index (χ4n) is 3.63.